The molecule has 4 rings (SSSR count). The van der Waals surface area contributed by atoms with E-state index in [-0.39, 0.29) is 5.82 Å². The van der Waals surface area contributed by atoms with Gasteiger partial charge in [0.05, 0.1) is 5.02 Å². The second-order valence-electron chi connectivity index (χ2n) is 5.87. The van der Waals surface area contributed by atoms with Gasteiger partial charge in [0.1, 0.15) is 5.82 Å². The van der Waals surface area contributed by atoms with Crippen molar-refractivity contribution >= 4 is 23.4 Å². The molecule has 0 bridgehead atoms. The van der Waals surface area contributed by atoms with Gasteiger partial charge in [-0.15, -0.1) is 10.2 Å². The van der Waals surface area contributed by atoms with E-state index < -0.39 is 0 Å². The Morgan fingerprint density at radius 3 is 2.30 bits per heavy atom. The summed E-state index contributed by atoms with van der Waals surface area (Å²) in [7, 11) is 0. The lowest BCUT2D eigenvalue weighted by Gasteiger charge is -2.11. The van der Waals surface area contributed by atoms with Crippen LogP contribution in [0.2, 0.25) is 5.02 Å². The molecule has 0 amide bonds. The highest BCUT2D eigenvalue weighted by Crippen LogP contribution is 2.32. The van der Waals surface area contributed by atoms with Gasteiger partial charge in [0.2, 0.25) is 0 Å². The van der Waals surface area contributed by atoms with Gasteiger partial charge < -0.3 is 0 Å². The van der Waals surface area contributed by atoms with Crippen LogP contribution in [0, 0.1) is 5.82 Å². The smallest absolute Gasteiger partial charge is 0.196 e. The highest BCUT2D eigenvalue weighted by atomic mass is 35.5. The molecule has 0 atom stereocenters. The summed E-state index contributed by atoms with van der Waals surface area (Å²) in [6.07, 6.45) is 0. The van der Waals surface area contributed by atoms with Crippen molar-refractivity contribution in [3.05, 3.63) is 95.3 Å². The number of rotatable bonds is 5. The number of hydrogen-bond donors (Lipinski definition) is 0. The predicted molar refractivity (Wildman–Crippen MR) is 108 cm³/mol. The van der Waals surface area contributed by atoms with E-state index in [0.717, 1.165) is 22.0 Å². The summed E-state index contributed by atoms with van der Waals surface area (Å²) in [6.45, 7) is 0. The standard InChI is InChI=1S/C21H15ClFN3S/c22-19-9-5-4-8-18(19)20-24-25-21(26(20)17-6-2-1-3-7-17)27-14-15-10-12-16(23)13-11-15/h1-13H,14H2. The molecule has 0 fully saturated rings. The molecule has 134 valence electrons. The van der Waals surface area contributed by atoms with Crippen molar-refractivity contribution in [1.82, 2.24) is 14.8 Å². The van der Waals surface area contributed by atoms with E-state index in [0.29, 0.717) is 16.6 Å². The molecule has 0 saturated carbocycles. The molecule has 0 N–H and O–H groups in total. The average molecular weight is 396 g/mol. The van der Waals surface area contributed by atoms with Crippen LogP contribution in [0.1, 0.15) is 5.56 Å². The first-order chi connectivity index (χ1) is 13.2. The van der Waals surface area contributed by atoms with Gasteiger partial charge >= 0.3 is 0 Å². The molecule has 1 heterocycles. The van der Waals surface area contributed by atoms with Crippen molar-refractivity contribution in [3.63, 3.8) is 0 Å². The minimum Gasteiger partial charge on any atom is -0.270 e. The van der Waals surface area contributed by atoms with E-state index >= 15 is 0 Å². The summed E-state index contributed by atoms with van der Waals surface area (Å²) in [5.74, 6) is 1.11. The van der Waals surface area contributed by atoms with Crippen molar-refractivity contribution in [2.24, 2.45) is 0 Å². The highest BCUT2D eigenvalue weighted by molar-refractivity contribution is 7.98. The first kappa shape index (κ1) is 17.8. The van der Waals surface area contributed by atoms with Crippen LogP contribution < -0.4 is 0 Å². The number of para-hydroxylation sites is 1. The number of nitrogens with zero attached hydrogens (tertiary/aromatic N) is 3. The Labute approximate surface area is 165 Å². The van der Waals surface area contributed by atoms with Gasteiger partial charge in [-0.25, -0.2) is 4.39 Å². The van der Waals surface area contributed by atoms with Crippen molar-refractivity contribution < 1.29 is 4.39 Å². The average Bonchev–Trinajstić information content (AvgIpc) is 3.12. The fourth-order valence-electron chi connectivity index (χ4n) is 2.72. The summed E-state index contributed by atoms with van der Waals surface area (Å²) in [4.78, 5) is 0. The Morgan fingerprint density at radius 1 is 0.852 bits per heavy atom. The Kier molecular flexibility index (Phi) is 5.23. The minimum atomic E-state index is -0.239. The second kappa shape index (κ2) is 7.94. The molecule has 6 heteroatoms. The lowest BCUT2D eigenvalue weighted by molar-refractivity contribution is 0.627. The van der Waals surface area contributed by atoms with Gasteiger partial charge in [0.25, 0.3) is 0 Å². The second-order valence-corrected chi connectivity index (χ2v) is 7.22. The van der Waals surface area contributed by atoms with Gasteiger partial charge in [-0.2, -0.15) is 0 Å². The molecule has 1 aromatic heterocycles. The Morgan fingerprint density at radius 2 is 1.56 bits per heavy atom. The molecule has 0 radical (unpaired) electrons. The van der Waals surface area contributed by atoms with Crippen LogP contribution in [0.15, 0.2) is 84.0 Å². The fourth-order valence-corrected chi connectivity index (χ4v) is 3.85. The molecule has 3 aromatic carbocycles. The van der Waals surface area contributed by atoms with E-state index in [2.05, 4.69) is 10.2 Å². The fraction of sp³-hybridized carbons (Fsp3) is 0.0476. The molecule has 0 spiro atoms. The van der Waals surface area contributed by atoms with Crippen molar-refractivity contribution in [2.45, 2.75) is 10.9 Å². The molecule has 0 aliphatic heterocycles. The first-order valence-corrected chi connectivity index (χ1v) is 9.72. The van der Waals surface area contributed by atoms with Crippen LogP contribution in [0.25, 0.3) is 17.1 Å². The van der Waals surface area contributed by atoms with E-state index in [1.54, 1.807) is 23.9 Å². The van der Waals surface area contributed by atoms with Crippen LogP contribution in [0.3, 0.4) is 0 Å². The predicted octanol–water partition coefficient (Wildman–Crippen LogP) is 6.02. The lowest BCUT2D eigenvalue weighted by Crippen LogP contribution is -2.00. The third-order valence-corrected chi connectivity index (χ3v) is 5.37. The maximum absolute atomic E-state index is 13.1. The molecule has 0 aliphatic rings. The third kappa shape index (κ3) is 3.89. The zero-order valence-corrected chi connectivity index (χ0v) is 15.8. The Balaban J connectivity index is 1.73. The molecule has 27 heavy (non-hydrogen) atoms. The largest absolute Gasteiger partial charge is 0.270 e. The molecule has 3 nitrogen and oxygen atoms in total. The molecular formula is C21H15ClFN3S. The van der Waals surface area contributed by atoms with Crippen molar-refractivity contribution in [1.29, 1.82) is 0 Å². The molecule has 0 saturated heterocycles. The Bertz CT molecular complexity index is 1050. The van der Waals surface area contributed by atoms with Gasteiger partial charge in [-0.1, -0.05) is 65.8 Å². The molecule has 0 aliphatic carbocycles. The molecule has 0 unspecified atom stereocenters. The number of halogens is 2. The third-order valence-electron chi connectivity index (χ3n) is 4.04. The van der Waals surface area contributed by atoms with E-state index in [9.17, 15) is 4.39 Å². The summed E-state index contributed by atoms with van der Waals surface area (Å²) < 4.78 is 15.1. The van der Waals surface area contributed by atoms with Crippen LogP contribution in [-0.2, 0) is 5.75 Å². The Hall–Kier alpha value is -2.63. The highest BCUT2D eigenvalue weighted by Gasteiger charge is 2.17. The number of benzene rings is 3. The summed E-state index contributed by atoms with van der Waals surface area (Å²) in [6, 6.07) is 24.0. The maximum atomic E-state index is 13.1. The van der Waals surface area contributed by atoms with Gasteiger partial charge in [0.15, 0.2) is 11.0 Å². The summed E-state index contributed by atoms with van der Waals surface area (Å²) in [5, 5.41) is 10.2. The van der Waals surface area contributed by atoms with E-state index in [1.807, 2.05) is 59.2 Å². The number of thioether (sulfide) groups is 1. The van der Waals surface area contributed by atoms with Crippen LogP contribution in [-0.4, -0.2) is 14.8 Å². The molecular weight excluding hydrogens is 381 g/mol. The lowest BCUT2D eigenvalue weighted by atomic mass is 10.2. The van der Waals surface area contributed by atoms with E-state index in [4.69, 9.17) is 11.6 Å². The quantitative estimate of drug-likeness (QED) is 0.387. The topological polar surface area (TPSA) is 30.7 Å². The normalized spacial score (nSPS) is 10.9. The zero-order valence-electron chi connectivity index (χ0n) is 14.2. The van der Waals surface area contributed by atoms with Gasteiger partial charge in [0, 0.05) is 17.0 Å². The SMILES string of the molecule is Fc1ccc(CSc2nnc(-c3ccccc3Cl)n2-c2ccccc2)cc1. The van der Waals surface area contributed by atoms with Crippen LogP contribution in [0.5, 0.6) is 0 Å². The summed E-state index contributed by atoms with van der Waals surface area (Å²) in [5.41, 5.74) is 2.80. The maximum Gasteiger partial charge on any atom is 0.196 e. The zero-order chi connectivity index (χ0) is 18.6. The van der Waals surface area contributed by atoms with Crippen molar-refractivity contribution in [3.8, 4) is 17.1 Å². The molecule has 4 aromatic rings. The number of aromatic nitrogens is 3. The number of hydrogen-bond acceptors (Lipinski definition) is 3. The monoisotopic (exact) mass is 395 g/mol. The summed E-state index contributed by atoms with van der Waals surface area (Å²) >= 11 is 7.94. The minimum absolute atomic E-state index is 0.239. The van der Waals surface area contributed by atoms with Gasteiger partial charge in [-0.05, 0) is 42.0 Å². The van der Waals surface area contributed by atoms with Crippen molar-refractivity contribution in [2.75, 3.05) is 0 Å². The van der Waals surface area contributed by atoms with Crippen LogP contribution in [0.4, 0.5) is 4.39 Å². The first-order valence-electron chi connectivity index (χ1n) is 8.35. The van der Waals surface area contributed by atoms with Crippen LogP contribution >= 0.6 is 23.4 Å². The van der Waals surface area contributed by atoms with E-state index in [1.165, 1.54) is 12.1 Å². The van der Waals surface area contributed by atoms with Gasteiger partial charge in [-0.3, -0.25) is 4.57 Å².